The highest BCUT2D eigenvalue weighted by atomic mass is 35.5. The maximum absolute atomic E-state index is 12.1. The van der Waals surface area contributed by atoms with Gasteiger partial charge in [0.05, 0.1) is 26.9 Å². The Labute approximate surface area is 196 Å². The number of hydrogen-bond acceptors (Lipinski definition) is 5. The first-order chi connectivity index (χ1) is 15.5. The average Bonchev–Trinajstić information content (AvgIpc) is 2.79. The molecule has 3 aromatic rings. The highest BCUT2D eigenvalue weighted by molar-refractivity contribution is 6.35. The summed E-state index contributed by atoms with van der Waals surface area (Å²) in [5.74, 6) is 1.62. The first kappa shape index (κ1) is 23.4. The van der Waals surface area contributed by atoms with Gasteiger partial charge in [0.2, 0.25) is 5.91 Å². The van der Waals surface area contributed by atoms with Crippen molar-refractivity contribution in [2.24, 2.45) is 5.10 Å². The van der Waals surface area contributed by atoms with Gasteiger partial charge in [-0.2, -0.15) is 5.10 Å². The van der Waals surface area contributed by atoms with Crippen LogP contribution >= 0.6 is 23.2 Å². The van der Waals surface area contributed by atoms with Gasteiger partial charge in [-0.1, -0.05) is 35.3 Å². The standard InChI is InChI=1S/C24H22Cl2N2O4/c1-30-22-10-5-17(11-23(22)31-2)12-24(29)28-27-14-16-3-8-20(9-4-16)32-15-18-6-7-19(25)13-21(18)26/h3-11,13-14H,12,15H2,1-2H3,(H,28,29)/b27-14+. The van der Waals surface area contributed by atoms with Gasteiger partial charge in [-0.05, 0) is 59.7 Å². The number of carbonyl (C=O) groups is 1. The third kappa shape index (κ3) is 6.64. The number of nitrogens with one attached hydrogen (secondary N) is 1. The van der Waals surface area contributed by atoms with Gasteiger partial charge in [0.1, 0.15) is 12.4 Å². The van der Waals surface area contributed by atoms with Crippen molar-refractivity contribution in [3.63, 3.8) is 0 Å². The monoisotopic (exact) mass is 472 g/mol. The number of benzene rings is 3. The van der Waals surface area contributed by atoms with Gasteiger partial charge in [0.25, 0.3) is 0 Å². The number of hydrazone groups is 1. The summed E-state index contributed by atoms with van der Waals surface area (Å²) in [7, 11) is 3.11. The molecule has 8 heteroatoms. The third-order valence-electron chi connectivity index (χ3n) is 4.51. The first-order valence-electron chi connectivity index (χ1n) is 9.68. The van der Waals surface area contributed by atoms with Crippen molar-refractivity contribution in [3.05, 3.63) is 87.4 Å². The zero-order valence-corrected chi connectivity index (χ0v) is 19.1. The minimum Gasteiger partial charge on any atom is -0.493 e. The van der Waals surface area contributed by atoms with Crippen molar-refractivity contribution in [2.75, 3.05) is 14.2 Å². The summed E-state index contributed by atoms with van der Waals surface area (Å²) in [5.41, 5.74) is 4.97. The van der Waals surface area contributed by atoms with E-state index in [1.54, 1.807) is 50.8 Å². The van der Waals surface area contributed by atoms with E-state index >= 15 is 0 Å². The molecule has 0 saturated heterocycles. The number of carbonyl (C=O) groups excluding carboxylic acids is 1. The zero-order chi connectivity index (χ0) is 22.9. The normalized spacial score (nSPS) is 10.8. The van der Waals surface area contributed by atoms with E-state index in [-0.39, 0.29) is 12.3 Å². The van der Waals surface area contributed by atoms with E-state index in [0.717, 1.165) is 16.7 Å². The average molecular weight is 473 g/mol. The maximum atomic E-state index is 12.1. The fraction of sp³-hybridized carbons (Fsp3) is 0.167. The van der Waals surface area contributed by atoms with Gasteiger partial charge < -0.3 is 14.2 Å². The molecule has 6 nitrogen and oxygen atoms in total. The predicted molar refractivity (Wildman–Crippen MR) is 126 cm³/mol. The van der Waals surface area contributed by atoms with Gasteiger partial charge in [-0.25, -0.2) is 5.43 Å². The van der Waals surface area contributed by atoms with E-state index in [2.05, 4.69) is 10.5 Å². The van der Waals surface area contributed by atoms with Gasteiger partial charge in [0.15, 0.2) is 11.5 Å². The second-order valence-electron chi connectivity index (χ2n) is 6.75. The van der Waals surface area contributed by atoms with Crippen LogP contribution in [0, 0.1) is 0 Å². The van der Waals surface area contributed by atoms with Crippen LogP contribution in [0.2, 0.25) is 10.0 Å². The molecular formula is C24H22Cl2N2O4. The SMILES string of the molecule is COc1ccc(CC(=O)N/N=C/c2ccc(OCc3ccc(Cl)cc3Cl)cc2)cc1OC. The lowest BCUT2D eigenvalue weighted by Crippen LogP contribution is -2.19. The molecule has 0 bridgehead atoms. The maximum Gasteiger partial charge on any atom is 0.244 e. The molecular weight excluding hydrogens is 451 g/mol. The van der Waals surface area contributed by atoms with Crippen LogP contribution in [-0.2, 0) is 17.8 Å². The van der Waals surface area contributed by atoms with Crippen LogP contribution in [0.1, 0.15) is 16.7 Å². The molecule has 0 aliphatic heterocycles. The molecule has 3 rings (SSSR count). The van der Waals surface area contributed by atoms with Crippen molar-refractivity contribution in [1.82, 2.24) is 5.43 Å². The Morgan fingerprint density at radius 1 is 0.969 bits per heavy atom. The first-order valence-corrected chi connectivity index (χ1v) is 10.4. The van der Waals surface area contributed by atoms with E-state index in [1.807, 2.05) is 30.3 Å². The van der Waals surface area contributed by atoms with Gasteiger partial charge in [-0.15, -0.1) is 0 Å². The Kier molecular flexibility index (Phi) is 8.36. The minimum absolute atomic E-state index is 0.164. The summed E-state index contributed by atoms with van der Waals surface area (Å²) in [6, 6.07) is 17.9. The second-order valence-corrected chi connectivity index (χ2v) is 7.60. The van der Waals surface area contributed by atoms with Crippen LogP contribution < -0.4 is 19.6 Å². The summed E-state index contributed by atoms with van der Waals surface area (Å²) in [6.07, 6.45) is 1.73. The lowest BCUT2D eigenvalue weighted by atomic mass is 10.1. The molecule has 0 aliphatic carbocycles. The molecule has 166 valence electrons. The van der Waals surface area contributed by atoms with E-state index in [1.165, 1.54) is 0 Å². The number of hydrogen-bond donors (Lipinski definition) is 1. The molecule has 0 atom stereocenters. The Hall–Kier alpha value is -3.22. The molecule has 0 heterocycles. The molecule has 0 aromatic heterocycles. The van der Waals surface area contributed by atoms with Crippen molar-refractivity contribution in [1.29, 1.82) is 0 Å². The lowest BCUT2D eigenvalue weighted by Gasteiger charge is -2.09. The molecule has 0 fully saturated rings. The van der Waals surface area contributed by atoms with Crippen LogP contribution in [-0.4, -0.2) is 26.3 Å². The molecule has 32 heavy (non-hydrogen) atoms. The van der Waals surface area contributed by atoms with Gasteiger partial charge >= 0.3 is 0 Å². The van der Waals surface area contributed by atoms with Crippen LogP contribution in [0.4, 0.5) is 0 Å². The van der Waals surface area contributed by atoms with Gasteiger partial charge in [-0.3, -0.25) is 4.79 Å². The van der Waals surface area contributed by atoms with Crippen LogP contribution in [0.3, 0.4) is 0 Å². The quantitative estimate of drug-likeness (QED) is 0.339. The molecule has 1 N–H and O–H groups in total. The lowest BCUT2D eigenvalue weighted by molar-refractivity contribution is -0.120. The van der Waals surface area contributed by atoms with E-state index in [0.29, 0.717) is 33.9 Å². The van der Waals surface area contributed by atoms with E-state index in [9.17, 15) is 4.79 Å². The number of rotatable bonds is 9. The highest BCUT2D eigenvalue weighted by Crippen LogP contribution is 2.27. The topological polar surface area (TPSA) is 69.2 Å². The summed E-state index contributed by atoms with van der Waals surface area (Å²) >= 11 is 12.1. The molecule has 0 spiro atoms. The molecule has 1 amide bonds. The van der Waals surface area contributed by atoms with E-state index < -0.39 is 0 Å². The van der Waals surface area contributed by atoms with E-state index in [4.69, 9.17) is 37.4 Å². The number of halogens is 2. The van der Waals surface area contributed by atoms with Crippen molar-refractivity contribution in [2.45, 2.75) is 13.0 Å². The zero-order valence-electron chi connectivity index (χ0n) is 17.6. The third-order valence-corrected chi connectivity index (χ3v) is 5.09. The number of methoxy groups -OCH3 is 2. The fourth-order valence-electron chi connectivity index (χ4n) is 2.84. The summed E-state index contributed by atoms with van der Waals surface area (Å²) in [4.78, 5) is 12.1. The van der Waals surface area contributed by atoms with Gasteiger partial charge in [0, 0.05) is 15.6 Å². The minimum atomic E-state index is -0.242. The number of amides is 1. The van der Waals surface area contributed by atoms with Crippen molar-refractivity contribution >= 4 is 35.3 Å². The Bertz CT molecular complexity index is 1100. The molecule has 0 radical (unpaired) electrons. The molecule has 0 aliphatic rings. The Balaban J connectivity index is 1.49. The summed E-state index contributed by atoms with van der Waals surface area (Å²) < 4.78 is 16.2. The van der Waals surface area contributed by atoms with Crippen LogP contribution in [0.5, 0.6) is 17.2 Å². The Morgan fingerprint density at radius 3 is 2.41 bits per heavy atom. The number of ether oxygens (including phenoxy) is 3. The van der Waals surface area contributed by atoms with Crippen molar-refractivity contribution < 1.29 is 19.0 Å². The predicted octanol–water partition coefficient (Wildman–Crippen LogP) is 5.28. The molecule has 3 aromatic carbocycles. The molecule has 0 unspecified atom stereocenters. The van der Waals surface area contributed by atoms with Crippen LogP contribution in [0.15, 0.2) is 65.8 Å². The molecule has 0 saturated carbocycles. The Morgan fingerprint density at radius 2 is 1.72 bits per heavy atom. The summed E-state index contributed by atoms with van der Waals surface area (Å²) in [6.45, 7) is 0.329. The van der Waals surface area contributed by atoms with Crippen LogP contribution in [0.25, 0.3) is 0 Å². The fourth-order valence-corrected chi connectivity index (χ4v) is 3.31. The highest BCUT2D eigenvalue weighted by Gasteiger charge is 2.08. The number of nitrogens with zero attached hydrogens (tertiary/aromatic N) is 1. The largest absolute Gasteiger partial charge is 0.493 e. The van der Waals surface area contributed by atoms with Crippen molar-refractivity contribution in [3.8, 4) is 17.2 Å². The summed E-state index contributed by atoms with van der Waals surface area (Å²) in [5, 5.41) is 5.15. The second kappa shape index (κ2) is 11.4. The smallest absolute Gasteiger partial charge is 0.244 e.